The summed E-state index contributed by atoms with van der Waals surface area (Å²) in [6, 6.07) is 6.54. The molecule has 1 aromatic rings. The van der Waals surface area contributed by atoms with E-state index in [0.717, 1.165) is 6.54 Å². The van der Waals surface area contributed by atoms with E-state index in [1.54, 1.807) is 0 Å². The average molecular weight is 209 g/mol. The van der Waals surface area contributed by atoms with E-state index in [1.807, 2.05) is 11.8 Å². The summed E-state index contributed by atoms with van der Waals surface area (Å²) in [5, 5.41) is 3.45. The van der Waals surface area contributed by atoms with Crippen LogP contribution in [0.3, 0.4) is 0 Å². The molecule has 1 aromatic carbocycles. The molecule has 78 valence electrons. The predicted molar refractivity (Wildman–Crippen MR) is 67.4 cm³/mol. The Morgan fingerprint density at radius 1 is 1.29 bits per heavy atom. The Bertz CT molecular complexity index is 284. The Morgan fingerprint density at radius 3 is 2.71 bits per heavy atom. The molecule has 0 unspecified atom stereocenters. The molecule has 14 heavy (non-hydrogen) atoms. The van der Waals surface area contributed by atoms with Crippen molar-refractivity contribution in [2.45, 2.75) is 20.8 Å². The molecular weight excluding hydrogens is 190 g/mol. The third kappa shape index (κ3) is 3.62. The molecule has 0 atom stereocenters. The van der Waals surface area contributed by atoms with E-state index in [9.17, 15) is 0 Å². The van der Waals surface area contributed by atoms with E-state index < -0.39 is 0 Å². The summed E-state index contributed by atoms with van der Waals surface area (Å²) < 4.78 is 0. The number of thioether (sulfide) groups is 1. The summed E-state index contributed by atoms with van der Waals surface area (Å²) in [5.74, 6) is 2.39. The van der Waals surface area contributed by atoms with E-state index in [-0.39, 0.29) is 0 Å². The van der Waals surface area contributed by atoms with Gasteiger partial charge in [0.2, 0.25) is 0 Å². The van der Waals surface area contributed by atoms with Gasteiger partial charge in [-0.25, -0.2) is 0 Å². The first-order valence-corrected chi connectivity index (χ1v) is 6.28. The summed E-state index contributed by atoms with van der Waals surface area (Å²) >= 11 is 1.97. The molecule has 0 heterocycles. The van der Waals surface area contributed by atoms with Gasteiger partial charge in [0.1, 0.15) is 0 Å². The molecule has 0 spiro atoms. The fourth-order valence-electron chi connectivity index (χ4n) is 1.41. The third-order valence-electron chi connectivity index (χ3n) is 2.15. The van der Waals surface area contributed by atoms with Crippen LogP contribution in [0.1, 0.15) is 18.1 Å². The summed E-state index contributed by atoms with van der Waals surface area (Å²) in [6.07, 6.45) is 0. The lowest BCUT2D eigenvalue weighted by atomic mass is 10.1. The molecule has 0 amide bonds. The highest BCUT2D eigenvalue weighted by Gasteiger charge is 1.96. The van der Waals surface area contributed by atoms with Crippen LogP contribution in [0, 0.1) is 13.8 Å². The molecular formula is C12H19NS. The lowest BCUT2D eigenvalue weighted by Gasteiger charge is -2.09. The largest absolute Gasteiger partial charge is 0.384 e. The van der Waals surface area contributed by atoms with Gasteiger partial charge in [-0.2, -0.15) is 11.8 Å². The van der Waals surface area contributed by atoms with Crippen LogP contribution in [0.5, 0.6) is 0 Å². The van der Waals surface area contributed by atoms with Gasteiger partial charge in [-0.15, -0.1) is 0 Å². The zero-order chi connectivity index (χ0) is 10.4. The van der Waals surface area contributed by atoms with Gasteiger partial charge < -0.3 is 5.32 Å². The lowest BCUT2D eigenvalue weighted by Crippen LogP contribution is -2.05. The maximum Gasteiger partial charge on any atom is 0.0370 e. The molecule has 0 aliphatic heterocycles. The first kappa shape index (κ1) is 11.4. The maximum absolute atomic E-state index is 3.45. The monoisotopic (exact) mass is 209 g/mol. The van der Waals surface area contributed by atoms with Crippen molar-refractivity contribution < 1.29 is 0 Å². The summed E-state index contributed by atoms with van der Waals surface area (Å²) in [5.41, 5.74) is 3.94. The average Bonchev–Trinajstić information content (AvgIpc) is 2.15. The first-order chi connectivity index (χ1) is 6.74. The standard InChI is InChI=1S/C12H19NS/c1-4-14-8-7-13-12-6-5-10(2)9-11(12)3/h5-6,9,13H,4,7-8H2,1-3H3. The summed E-state index contributed by atoms with van der Waals surface area (Å²) in [7, 11) is 0. The van der Waals surface area contributed by atoms with Gasteiger partial charge in [0.05, 0.1) is 0 Å². The number of aryl methyl sites for hydroxylation is 2. The molecule has 0 fully saturated rings. The van der Waals surface area contributed by atoms with E-state index in [0.29, 0.717) is 0 Å². The van der Waals surface area contributed by atoms with Gasteiger partial charge in [0.15, 0.2) is 0 Å². The fraction of sp³-hybridized carbons (Fsp3) is 0.500. The molecule has 0 aliphatic rings. The van der Waals surface area contributed by atoms with Crippen molar-refractivity contribution in [3.05, 3.63) is 29.3 Å². The normalized spacial score (nSPS) is 10.2. The molecule has 0 bridgehead atoms. The Labute approximate surface area is 91.3 Å². The molecule has 0 aromatic heterocycles. The number of benzene rings is 1. The minimum Gasteiger partial charge on any atom is -0.384 e. The SMILES string of the molecule is CCSCCNc1ccc(C)cc1C. The van der Waals surface area contributed by atoms with E-state index in [4.69, 9.17) is 0 Å². The Balaban J connectivity index is 2.42. The molecule has 1 rings (SSSR count). The van der Waals surface area contributed by atoms with Gasteiger partial charge >= 0.3 is 0 Å². The third-order valence-corrected chi connectivity index (χ3v) is 3.05. The Kier molecular flexibility index (Phi) is 4.88. The second-order valence-electron chi connectivity index (χ2n) is 3.44. The zero-order valence-corrected chi connectivity index (χ0v) is 10.1. The molecule has 0 saturated heterocycles. The molecule has 0 saturated carbocycles. The lowest BCUT2D eigenvalue weighted by molar-refractivity contribution is 1.20. The molecule has 0 radical (unpaired) electrons. The number of rotatable bonds is 5. The molecule has 1 N–H and O–H groups in total. The highest BCUT2D eigenvalue weighted by Crippen LogP contribution is 2.15. The van der Waals surface area contributed by atoms with Gasteiger partial charge in [0.25, 0.3) is 0 Å². The predicted octanol–water partition coefficient (Wildman–Crippen LogP) is 3.47. The van der Waals surface area contributed by atoms with Gasteiger partial charge in [-0.3, -0.25) is 0 Å². The zero-order valence-electron chi connectivity index (χ0n) is 9.26. The van der Waals surface area contributed by atoms with Crippen LogP contribution < -0.4 is 5.32 Å². The number of nitrogens with one attached hydrogen (secondary N) is 1. The van der Waals surface area contributed by atoms with Crippen LogP contribution in [0.2, 0.25) is 0 Å². The number of anilines is 1. The minimum absolute atomic E-state index is 1.06. The highest BCUT2D eigenvalue weighted by molar-refractivity contribution is 7.99. The van der Waals surface area contributed by atoms with Crippen LogP contribution in [-0.2, 0) is 0 Å². The van der Waals surface area contributed by atoms with Crippen molar-refractivity contribution >= 4 is 17.4 Å². The van der Waals surface area contributed by atoms with Crippen molar-refractivity contribution in [2.24, 2.45) is 0 Å². The van der Waals surface area contributed by atoms with Gasteiger partial charge in [0, 0.05) is 18.0 Å². The van der Waals surface area contributed by atoms with Crippen LogP contribution in [-0.4, -0.2) is 18.1 Å². The number of hydrogen-bond donors (Lipinski definition) is 1. The first-order valence-electron chi connectivity index (χ1n) is 5.13. The van der Waals surface area contributed by atoms with Crippen molar-refractivity contribution in [3.8, 4) is 0 Å². The van der Waals surface area contributed by atoms with Gasteiger partial charge in [-0.1, -0.05) is 24.6 Å². The molecule has 2 heteroatoms. The van der Waals surface area contributed by atoms with Crippen LogP contribution in [0.15, 0.2) is 18.2 Å². The summed E-state index contributed by atoms with van der Waals surface area (Å²) in [4.78, 5) is 0. The van der Waals surface area contributed by atoms with Crippen molar-refractivity contribution in [2.75, 3.05) is 23.4 Å². The maximum atomic E-state index is 3.45. The van der Waals surface area contributed by atoms with E-state index >= 15 is 0 Å². The quantitative estimate of drug-likeness (QED) is 0.745. The fourth-order valence-corrected chi connectivity index (χ4v) is 1.95. The van der Waals surface area contributed by atoms with Crippen LogP contribution in [0.4, 0.5) is 5.69 Å². The van der Waals surface area contributed by atoms with Crippen molar-refractivity contribution in [3.63, 3.8) is 0 Å². The van der Waals surface area contributed by atoms with Crippen molar-refractivity contribution in [1.82, 2.24) is 0 Å². The highest BCUT2D eigenvalue weighted by atomic mass is 32.2. The van der Waals surface area contributed by atoms with Gasteiger partial charge in [-0.05, 0) is 31.2 Å². The van der Waals surface area contributed by atoms with E-state index in [2.05, 4.69) is 44.3 Å². The van der Waals surface area contributed by atoms with Crippen LogP contribution >= 0.6 is 11.8 Å². The Hall–Kier alpha value is -0.630. The molecule has 0 aliphatic carbocycles. The second-order valence-corrected chi connectivity index (χ2v) is 4.84. The van der Waals surface area contributed by atoms with E-state index in [1.165, 1.54) is 28.3 Å². The minimum atomic E-state index is 1.06. The Morgan fingerprint density at radius 2 is 2.07 bits per heavy atom. The van der Waals surface area contributed by atoms with Crippen LogP contribution in [0.25, 0.3) is 0 Å². The number of hydrogen-bond acceptors (Lipinski definition) is 2. The smallest absolute Gasteiger partial charge is 0.0370 e. The second kappa shape index (κ2) is 5.97. The molecule has 1 nitrogen and oxygen atoms in total. The van der Waals surface area contributed by atoms with Crippen molar-refractivity contribution in [1.29, 1.82) is 0 Å². The topological polar surface area (TPSA) is 12.0 Å². The summed E-state index contributed by atoms with van der Waals surface area (Å²) in [6.45, 7) is 7.54.